The van der Waals surface area contributed by atoms with E-state index in [1.807, 2.05) is 19.1 Å². The second-order valence-electron chi connectivity index (χ2n) is 6.70. The summed E-state index contributed by atoms with van der Waals surface area (Å²) in [4.78, 5) is 17.4. The van der Waals surface area contributed by atoms with Gasteiger partial charge >= 0.3 is 0 Å². The number of fused-ring (bicyclic) bond motifs is 1. The number of sulfonamides is 1. The monoisotopic (exact) mass is 453 g/mol. The Hall–Kier alpha value is -3.43. The molecule has 1 aromatic heterocycles. The number of aryl methyl sites for hydroxylation is 1. The summed E-state index contributed by atoms with van der Waals surface area (Å²) in [7, 11) is -2.38. The quantitative estimate of drug-likeness (QED) is 0.442. The van der Waals surface area contributed by atoms with E-state index in [4.69, 9.17) is 4.74 Å². The van der Waals surface area contributed by atoms with Gasteiger partial charge in [-0.2, -0.15) is 0 Å². The number of methoxy groups -OCH3 is 1. The Labute approximate surface area is 183 Å². The van der Waals surface area contributed by atoms with Gasteiger partial charge in [-0.15, -0.1) is 11.3 Å². The van der Waals surface area contributed by atoms with Crippen LogP contribution in [0.1, 0.15) is 15.4 Å². The fraction of sp³-hybridized carbons (Fsp3) is 0.0909. The zero-order valence-electron chi connectivity index (χ0n) is 16.7. The van der Waals surface area contributed by atoms with Crippen LogP contribution in [0.5, 0.6) is 5.75 Å². The maximum atomic E-state index is 12.9. The third-order valence-corrected chi connectivity index (χ3v) is 6.85. The van der Waals surface area contributed by atoms with Crippen LogP contribution in [0.25, 0.3) is 10.2 Å². The Balaban J connectivity index is 1.58. The van der Waals surface area contributed by atoms with Crippen LogP contribution in [-0.4, -0.2) is 26.4 Å². The fourth-order valence-electron chi connectivity index (χ4n) is 3.04. The van der Waals surface area contributed by atoms with Crippen LogP contribution in [0.15, 0.2) is 71.6 Å². The number of ether oxygens (including phenoxy) is 1. The van der Waals surface area contributed by atoms with E-state index in [1.54, 1.807) is 42.5 Å². The first kappa shape index (κ1) is 20.8. The van der Waals surface area contributed by atoms with Crippen LogP contribution >= 0.6 is 11.3 Å². The van der Waals surface area contributed by atoms with Crippen molar-refractivity contribution in [2.45, 2.75) is 11.8 Å². The average molecular weight is 454 g/mol. The van der Waals surface area contributed by atoms with Crippen LogP contribution in [0.2, 0.25) is 0 Å². The highest BCUT2D eigenvalue weighted by atomic mass is 32.2. The van der Waals surface area contributed by atoms with Crippen molar-refractivity contribution in [2.24, 2.45) is 0 Å². The van der Waals surface area contributed by atoms with E-state index in [0.717, 1.165) is 15.2 Å². The zero-order valence-corrected chi connectivity index (χ0v) is 18.4. The highest BCUT2D eigenvalue weighted by molar-refractivity contribution is 7.92. The summed E-state index contributed by atoms with van der Waals surface area (Å²) in [5.74, 6) is 0.125. The van der Waals surface area contributed by atoms with Crippen molar-refractivity contribution in [1.29, 1.82) is 0 Å². The lowest BCUT2D eigenvalue weighted by molar-refractivity contribution is 0.102. The van der Waals surface area contributed by atoms with Gasteiger partial charge in [0.2, 0.25) is 0 Å². The minimum Gasteiger partial charge on any atom is -0.497 e. The normalized spacial score (nSPS) is 11.3. The molecule has 9 heteroatoms. The van der Waals surface area contributed by atoms with Crippen molar-refractivity contribution in [1.82, 2.24) is 4.98 Å². The van der Waals surface area contributed by atoms with Crippen molar-refractivity contribution in [3.8, 4) is 5.75 Å². The molecule has 1 amide bonds. The number of anilines is 2. The molecular formula is C22H19N3O4S2. The number of aromatic nitrogens is 1. The summed E-state index contributed by atoms with van der Waals surface area (Å²) in [6, 6.07) is 17.9. The number of rotatable bonds is 6. The van der Waals surface area contributed by atoms with Crippen LogP contribution in [0.3, 0.4) is 0 Å². The standard InChI is InChI=1S/C22H19N3O4S2/c1-14-23-20-12-7-15(13-21(20)30-14)24-22(26)18-5-3-4-6-19(18)25-31(27,28)17-10-8-16(29-2)9-11-17/h3-13,25H,1-2H3,(H,24,26). The number of hydrogen-bond donors (Lipinski definition) is 2. The number of hydrogen-bond acceptors (Lipinski definition) is 6. The predicted octanol–water partition coefficient (Wildman–Crippen LogP) is 4.67. The topological polar surface area (TPSA) is 97.4 Å². The minimum absolute atomic E-state index is 0.0644. The van der Waals surface area contributed by atoms with Crippen molar-refractivity contribution in [3.05, 3.63) is 77.3 Å². The summed E-state index contributed by atoms with van der Waals surface area (Å²) < 4.78 is 34.1. The van der Waals surface area contributed by atoms with Crippen molar-refractivity contribution in [2.75, 3.05) is 17.1 Å². The second kappa shape index (κ2) is 8.37. The summed E-state index contributed by atoms with van der Waals surface area (Å²) in [5.41, 5.74) is 1.87. The van der Waals surface area contributed by atoms with Gasteiger partial charge in [-0.25, -0.2) is 13.4 Å². The summed E-state index contributed by atoms with van der Waals surface area (Å²) in [5, 5.41) is 3.77. The van der Waals surface area contributed by atoms with Gasteiger partial charge in [0.15, 0.2) is 0 Å². The molecule has 0 atom stereocenters. The van der Waals surface area contributed by atoms with E-state index in [9.17, 15) is 13.2 Å². The Morgan fingerprint density at radius 3 is 2.52 bits per heavy atom. The number of thiazole rings is 1. The van der Waals surface area contributed by atoms with E-state index >= 15 is 0 Å². The molecule has 3 aromatic carbocycles. The zero-order chi connectivity index (χ0) is 22.0. The number of para-hydroxylation sites is 1. The van der Waals surface area contributed by atoms with E-state index in [0.29, 0.717) is 11.4 Å². The number of nitrogens with one attached hydrogen (secondary N) is 2. The van der Waals surface area contributed by atoms with Gasteiger partial charge in [-0.3, -0.25) is 9.52 Å². The van der Waals surface area contributed by atoms with Crippen LogP contribution in [0, 0.1) is 6.92 Å². The molecule has 0 bridgehead atoms. The van der Waals surface area contributed by atoms with E-state index in [1.165, 1.54) is 30.6 Å². The molecule has 158 valence electrons. The maximum absolute atomic E-state index is 12.9. The van der Waals surface area contributed by atoms with Crippen molar-refractivity contribution >= 4 is 48.9 Å². The molecule has 4 rings (SSSR count). The SMILES string of the molecule is COc1ccc(S(=O)(=O)Nc2ccccc2C(=O)Nc2ccc3nc(C)sc3c2)cc1. The Morgan fingerprint density at radius 1 is 1.03 bits per heavy atom. The number of benzene rings is 3. The first-order valence-electron chi connectivity index (χ1n) is 9.30. The lowest BCUT2D eigenvalue weighted by Gasteiger charge is -2.13. The minimum atomic E-state index is -3.89. The number of carbonyl (C=O) groups excluding carboxylic acids is 1. The second-order valence-corrected chi connectivity index (χ2v) is 9.61. The molecule has 31 heavy (non-hydrogen) atoms. The molecule has 0 saturated heterocycles. The lowest BCUT2D eigenvalue weighted by Crippen LogP contribution is -2.18. The molecule has 0 aliphatic rings. The summed E-state index contributed by atoms with van der Waals surface area (Å²) >= 11 is 1.54. The maximum Gasteiger partial charge on any atom is 0.261 e. The molecule has 7 nitrogen and oxygen atoms in total. The van der Waals surface area contributed by atoms with Crippen LogP contribution in [0.4, 0.5) is 11.4 Å². The molecule has 0 spiro atoms. The Morgan fingerprint density at radius 2 is 1.77 bits per heavy atom. The van der Waals surface area contributed by atoms with Gasteiger partial charge in [0.25, 0.3) is 15.9 Å². The third-order valence-electron chi connectivity index (χ3n) is 4.54. The molecule has 0 fully saturated rings. The lowest BCUT2D eigenvalue weighted by atomic mass is 10.1. The first-order chi connectivity index (χ1) is 14.9. The fourth-order valence-corrected chi connectivity index (χ4v) is 4.99. The molecule has 1 heterocycles. The molecular weight excluding hydrogens is 434 g/mol. The molecule has 0 aliphatic carbocycles. The first-order valence-corrected chi connectivity index (χ1v) is 11.6. The highest BCUT2D eigenvalue weighted by Crippen LogP contribution is 2.26. The summed E-state index contributed by atoms with van der Waals surface area (Å²) in [6.07, 6.45) is 0. The van der Waals surface area contributed by atoms with Crippen molar-refractivity contribution in [3.63, 3.8) is 0 Å². The highest BCUT2D eigenvalue weighted by Gasteiger charge is 2.19. The van der Waals surface area contributed by atoms with Gasteiger partial charge in [-0.1, -0.05) is 12.1 Å². The molecule has 0 aliphatic heterocycles. The van der Waals surface area contributed by atoms with E-state index < -0.39 is 15.9 Å². The molecule has 0 unspecified atom stereocenters. The van der Waals surface area contributed by atoms with Gasteiger partial charge in [0.05, 0.1) is 38.5 Å². The van der Waals surface area contributed by atoms with E-state index in [-0.39, 0.29) is 16.1 Å². The molecule has 0 saturated carbocycles. The van der Waals surface area contributed by atoms with Crippen molar-refractivity contribution < 1.29 is 17.9 Å². The molecule has 4 aromatic rings. The number of amides is 1. The smallest absolute Gasteiger partial charge is 0.261 e. The van der Waals surface area contributed by atoms with Gasteiger partial charge in [0.1, 0.15) is 5.75 Å². The summed E-state index contributed by atoms with van der Waals surface area (Å²) in [6.45, 7) is 1.92. The Kier molecular flexibility index (Phi) is 5.62. The van der Waals surface area contributed by atoms with Gasteiger partial charge in [0, 0.05) is 5.69 Å². The Bertz CT molecular complexity index is 1360. The average Bonchev–Trinajstić information content (AvgIpc) is 3.13. The van der Waals surface area contributed by atoms with Crippen LogP contribution in [-0.2, 0) is 10.0 Å². The van der Waals surface area contributed by atoms with E-state index in [2.05, 4.69) is 15.0 Å². The van der Waals surface area contributed by atoms with Gasteiger partial charge < -0.3 is 10.1 Å². The number of nitrogens with zero attached hydrogens (tertiary/aromatic N) is 1. The predicted molar refractivity (Wildman–Crippen MR) is 123 cm³/mol. The third kappa shape index (κ3) is 4.52. The van der Waals surface area contributed by atoms with Gasteiger partial charge in [-0.05, 0) is 61.5 Å². The van der Waals surface area contributed by atoms with Crippen LogP contribution < -0.4 is 14.8 Å². The largest absolute Gasteiger partial charge is 0.497 e. The number of carbonyl (C=O) groups is 1. The molecule has 0 radical (unpaired) electrons. The molecule has 2 N–H and O–H groups in total.